The van der Waals surface area contributed by atoms with E-state index in [2.05, 4.69) is 0 Å². The summed E-state index contributed by atoms with van der Waals surface area (Å²) >= 11 is -2.73. The van der Waals surface area contributed by atoms with Gasteiger partial charge in [0.1, 0.15) is 11.2 Å². The molecule has 0 aliphatic rings. The van der Waals surface area contributed by atoms with Crippen molar-refractivity contribution in [2.75, 3.05) is 4.31 Å². The molecule has 2 unspecified atom stereocenters. The highest BCUT2D eigenvalue weighted by atomic mass is 32.2. The van der Waals surface area contributed by atoms with E-state index in [1.54, 1.807) is 18.2 Å². The molecule has 0 amide bonds. The van der Waals surface area contributed by atoms with Gasteiger partial charge in [-0.1, -0.05) is 18.2 Å². The second kappa shape index (κ2) is 6.54. The molecule has 2 aromatic carbocycles. The van der Waals surface area contributed by atoms with E-state index in [9.17, 15) is 23.5 Å². The van der Waals surface area contributed by atoms with Crippen LogP contribution in [0.4, 0.5) is 5.69 Å². The van der Waals surface area contributed by atoms with Crippen molar-refractivity contribution >= 4 is 50.8 Å². The van der Waals surface area contributed by atoms with Crippen molar-refractivity contribution in [2.24, 2.45) is 0 Å². The Morgan fingerprint density at radius 1 is 1.08 bits per heavy atom. The fraction of sp³-hybridized carbons (Fsp3) is 0.125. The van der Waals surface area contributed by atoms with Gasteiger partial charge >= 0.3 is 11.9 Å². The molecule has 8 nitrogen and oxygen atoms in total. The van der Waals surface area contributed by atoms with Gasteiger partial charge in [-0.2, -0.15) is 0 Å². The number of rotatable bonds is 6. The Morgan fingerprint density at radius 3 is 2.40 bits per heavy atom. The zero-order valence-corrected chi connectivity index (χ0v) is 13.5. The molecular weight excluding hydrogens is 350 g/mol. The van der Waals surface area contributed by atoms with E-state index in [0.29, 0.717) is 15.5 Å². The number of nitrogens with zero attached hydrogens (tertiary/aromatic N) is 1. The highest BCUT2D eigenvalue weighted by Gasteiger charge is 2.32. The van der Waals surface area contributed by atoms with Crippen LogP contribution in [-0.2, 0) is 20.9 Å². The molecule has 0 bridgehead atoms. The smallest absolute Gasteiger partial charge is 0.328 e. The number of hydrogen-bond acceptors (Lipinski definition) is 4. The molecule has 1 aromatic heterocycles. The quantitative estimate of drug-likeness (QED) is 0.574. The van der Waals surface area contributed by atoms with Crippen molar-refractivity contribution in [1.82, 2.24) is 0 Å². The maximum atomic E-state index is 11.7. The number of para-hydroxylation sites is 1. The Bertz CT molecular complexity index is 996. The molecule has 0 aliphatic heterocycles. The summed E-state index contributed by atoms with van der Waals surface area (Å²) in [5.74, 6) is -2.91. The summed E-state index contributed by atoms with van der Waals surface area (Å²) in [5.41, 5.74) is 1.08. The molecule has 0 fully saturated rings. The lowest BCUT2D eigenvalue weighted by Crippen LogP contribution is -2.43. The van der Waals surface area contributed by atoms with E-state index >= 15 is 0 Å². The summed E-state index contributed by atoms with van der Waals surface area (Å²) in [6.45, 7) is 0. The third-order valence-corrected chi connectivity index (χ3v) is 4.52. The van der Waals surface area contributed by atoms with Gasteiger partial charge in [0.15, 0.2) is 6.04 Å². The highest BCUT2D eigenvalue weighted by Crippen LogP contribution is 2.32. The number of anilines is 1. The molecule has 9 heteroatoms. The molecule has 2 atom stereocenters. The Labute approximate surface area is 143 Å². The number of carboxylic acid groups (broad SMARTS) is 2. The van der Waals surface area contributed by atoms with Gasteiger partial charge in [0.2, 0.25) is 0 Å². The number of carboxylic acids is 2. The zero-order chi connectivity index (χ0) is 18.1. The zero-order valence-electron chi connectivity index (χ0n) is 12.7. The fourth-order valence-corrected chi connectivity index (χ4v) is 3.34. The predicted octanol–water partition coefficient (Wildman–Crippen LogP) is 2.46. The van der Waals surface area contributed by atoms with E-state index in [4.69, 9.17) is 9.52 Å². The van der Waals surface area contributed by atoms with E-state index in [-0.39, 0.29) is 5.69 Å². The standard InChI is InChI=1S/C16H13NO7S/c18-15(19)8-12(16(20)21)17(25(22)23)9-5-6-11-10-3-1-2-4-13(10)24-14(11)7-9/h1-7,12H,8H2,(H,18,19)(H,20,21)(H,22,23). The summed E-state index contributed by atoms with van der Waals surface area (Å²) in [6.07, 6.45) is -0.834. The molecule has 0 radical (unpaired) electrons. The van der Waals surface area contributed by atoms with Crippen LogP contribution in [0.2, 0.25) is 0 Å². The first-order chi connectivity index (χ1) is 11.9. The third-order valence-electron chi connectivity index (χ3n) is 3.72. The maximum absolute atomic E-state index is 11.7. The molecule has 1 heterocycles. The third kappa shape index (κ3) is 3.19. The van der Waals surface area contributed by atoms with Crippen LogP contribution >= 0.6 is 0 Å². The lowest BCUT2D eigenvalue weighted by molar-refractivity contribution is -0.144. The minimum Gasteiger partial charge on any atom is -0.481 e. The van der Waals surface area contributed by atoms with Crippen LogP contribution in [0, 0.1) is 0 Å². The Kier molecular flexibility index (Phi) is 4.43. The number of aliphatic carboxylic acids is 2. The SMILES string of the molecule is O=C(O)CC(C(=O)O)N(c1ccc2c(c1)oc1ccccc12)S(=O)O. The summed E-state index contributed by atoms with van der Waals surface area (Å²) in [7, 11) is 0. The Balaban J connectivity index is 2.12. The summed E-state index contributed by atoms with van der Waals surface area (Å²) in [5, 5.41) is 19.8. The van der Waals surface area contributed by atoms with E-state index in [1.807, 2.05) is 12.1 Å². The first-order valence-corrected chi connectivity index (χ1v) is 8.21. The molecule has 0 spiro atoms. The van der Waals surface area contributed by atoms with Crippen molar-refractivity contribution in [2.45, 2.75) is 12.5 Å². The lowest BCUT2D eigenvalue weighted by Gasteiger charge is -2.25. The average molecular weight is 363 g/mol. The number of benzene rings is 2. The van der Waals surface area contributed by atoms with E-state index < -0.39 is 35.7 Å². The lowest BCUT2D eigenvalue weighted by atomic mass is 10.1. The van der Waals surface area contributed by atoms with E-state index in [1.165, 1.54) is 12.1 Å². The first-order valence-electron chi connectivity index (χ1n) is 7.14. The molecule has 3 N–H and O–H groups in total. The topological polar surface area (TPSA) is 128 Å². The largest absolute Gasteiger partial charge is 0.481 e. The van der Waals surface area contributed by atoms with Gasteiger partial charge < -0.3 is 14.6 Å². The second-order valence-electron chi connectivity index (χ2n) is 5.29. The maximum Gasteiger partial charge on any atom is 0.328 e. The molecule has 3 aromatic rings. The first kappa shape index (κ1) is 16.9. The molecule has 0 saturated carbocycles. The number of furan rings is 1. The molecule has 0 saturated heterocycles. The minimum atomic E-state index is -2.73. The van der Waals surface area contributed by atoms with Gasteiger partial charge in [0.05, 0.1) is 12.1 Å². The van der Waals surface area contributed by atoms with Crippen molar-refractivity contribution in [1.29, 1.82) is 0 Å². The molecule has 0 aliphatic carbocycles. The molecule has 130 valence electrons. The van der Waals surface area contributed by atoms with Crippen LogP contribution in [0.3, 0.4) is 0 Å². The van der Waals surface area contributed by atoms with Crippen molar-refractivity contribution in [3.8, 4) is 0 Å². The summed E-state index contributed by atoms with van der Waals surface area (Å²) in [6, 6.07) is 10.1. The number of fused-ring (bicyclic) bond motifs is 3. The minimum absolute atomic E-state index is 0.0704. The summed E-state index contributed by atoms with van der Waals surface area (Å²) < 4.78 is 27.5. The van der Waals surface area contributed by atoms with Crippen LogP contribution in [-0.4, -0.2) is 37.0 Å². The van der Waals surface area contributed by atoms with Crippen LogP contribution in [0.5, 0.6) is 0 Å². The highest BCUT2D eigenvalue weighted by molar-refractivity contribution is 7.80. The van der Waals surface area contributed by atoms with Gasteiger partial charge in [-0.15, -0.1) is 0 Å². The van der Waals surface area contributed by atoms with Gasteiger partial charge in [0.25, 0.3) is 11.3 Å². The Morgan fingerprint density at radius 2 is 1.76 bits per heavy atom. The molecule has 25 heavy (non-hydrogen) atoms. The summed E-state index contributed by atoms with van der Waals surface area (Å²) in [4.78, 5) is 22.3. The number of hydrogen-bond donors (Lipinski definition) is 3. The van der Waals surface area contributed by atoms with Gasteiger partial charge in [-0.3, -0.25) is 13.7 Å². The fourth-order valence-electron chi connectivity index (χ4n) is 2.67. The van der Waals surface area contributed by atoms with Crippen molar-refractivity contribution in [3.63, 3.8) is 0 Å². The van der Waals surface area contributed by atoms with Crippen LogP contribution in [0.25, 0.3) is 21.9 Å². The average Bonchev–Trinajstić information content (AvgIpc) is 2.91. The monoisotopic (exact) mass is 363 g/mol. The van der Waals surface area contributed by atoms with Crippen molar-refractivity contribution in [3.05, 3.63) is 42.5 Å². The van der Waals surface area contributed by atoms with E-state index in [0.717, 1.165) is 10.8 Å². The number of carbonyl (C=O) groups is 2. The second-order valence-corrected chi connectivity index (χ2v) is 6.14. The van der Waals surface area contributed by atoms with Crippen LogP contribution in [0.1, 0.15) is 6.42 Å². The Hall–Kier alpha value is -2.91. The van der Waals surface area contributed by atoms with Crippen molar-refractivity contribution < 1.29 is 33.0 Å². The molecule has 3 rings (SSSR count). The van der Waals surface area contributed by atoms with Gasteiger partial charge in [-0.25, -0.2) is 9.00 Å². The van der Waals surface area contributed by atoms with Gasteiger partial charge in [-0.05, 0) is 18.2 Å². The predicted molar refractivity (Wildman–Crippen MR) is 90.6 cm³/mol. The van der Waals surface area contributed by atoms with Gasteiger partial charge in [0, 0.05) is 16.8 Å². The van der Waals surface area contributed by atoms with Crippen LogP contribution < -0.4 is 4.31 Å². The molecular formula is C16H13NO7S. The normalized spacial score (nSPS) is 13.6. The van der Waals surface area contributed by atoms with Crippen LogP contribution in [0.15, 0.2) is 46.9 Å².